The van der Waals surface area contributed by atoms with E-state index >= 15 is 0 Å². The van der Waals surface area contributed by atoms with Gasteiger partial charge in [0.25, 0.3) is 0 Å². The van der Waals surface area contributed by atoms with E-state index in [9.17, 15) is 0 Å². The Hall–Kier alpha value is -0.200. The number of ether oxygens (including phenoxy) is 4. The van der Waals surface area contributed by atoms with Crippen LogP contribution in [0.2, 0.25) is 0 Å². The highest BCUT2D eigenvalue weighted by molar-refractivity contribution is 4.71. The molecule has 1 N–H and O–H groups in total. The highest BCUT2D eigenvalue weighted by Crippen LogP contribution is 2.03. The zero-order chi connectivity index (χ0) is 12.3. The summed E-state index contributed by atoms with van der Waals surface area (Å²) in [4.78, 5) is 0. The van der Waals surface area contributed by atoms with Crippen molar-refractivity contribution < 1.29 is 18.9 Å². The predicted octanol–water partition coefficient (Wildman–Crippen LogP) is 0.433. The molecule has 1 heterocycles. The van der Waals surface area contributed by atoms with Crippen LogP contribution in [0, 0.1) is 0 Å². The molecule has 5 heteroatoms. The molecule has 0 amide bonds. The summed E-state index contributed by atoms with van der Waals surface area (Å²) >= 11 is 0. The van der Waals surface area contributed by atoms with Crippen molar-refractivity contribution in [3.05, 3.63) is 0 Å². The zero-order valence-electron chi connectivity index (χ0n) is 10.9. The second-order valence-electron chi connectivity index (χ2n) is 4.26. The van der Waals surface area contributed by atoms with Gasteiger partial charge in [-0.2, -0.15) is 0 Å². The van der Waals surface area contributed by atoms with E-state index in [1.165, 1.54) is 0 Å². The number of rotatable bonds is 9. The Bertz CT molecular complexity index is 180. The summed E-state index contributed by atoms with van der Waals surface area (Å²) < 4.78 is 21.5. The van der Waals surface area contributed by atoms with Gasteiger partial charge in [0.2, 0.25) is 0 Å². The normalized spacial score (nSPS) is 25.1. The lowest BCUT2D eigenvalue weighted by atomic mass is 10.2. The van der Waals surface area contributed by atoms with Gasteiger partial charge in [-0.1, -0.05) is 0 Å². The first-order valence-corrected chi connectivity index (χ1v) is 6.33. The molecule has 0 bridgehead atoms. The van der Waals surface area contributed by atoms with E-state index in [2.05, 4.69) is 12.2 Å². The highest BCUT2D eigenvalue weighted by Gasteiger charge is 2.18. The minimum absolute atomic E-state index is 0.188. The second kappa shape index (κ2) is 9.79. The summed E-state index contributed by atoms with van der Waals surface area (Å²) in [5.41, 5.74) is 0. The molecule has 0 spiro atoms. The van der Waals surface area contributed by atoms with Crippen LogP contribution in [0.3, 0.4) is 0 Å². The molecule has 17 heavy (non-hydrogen) atoms. The molecule has 0 aliphatic carbocycles. The molecule has 2 atom stereocenters. The van der Waals surface area contributed by atoms with E-state index in [-0.39, 0.29) is 12.2 Å². The van der Waals surface area contributed by atoms with Crippen molar-refractivity contribution in [1.82, 2.24) is 5.32 Å². The summed E-state index contributed by atoms with van der Waals surface area (Å²) in [6, 6.07) is 0. The van der Waals surface area contributed by atoms with Gasteiger partial charge in [-0.15, -0.1) is 0 Å². The quantitative estimate of drug-likeness (QED) is 0.599. The SMILES string of the molecule is COCCOCCCOCC1CNCC(C)O1. The Morgan fingerprint density at radius 2 is 1.94 bits per heavy atom. The van der Waals surface area contributed by atoms with Gasteiger partial charge in [0, 0.05) is 33.4 Å². The van der Waals surface area contributed by atoms with Crippen LogP contribution in [0.5, 0.6) is 0 Å². The van der Waals surface area contributed by atoms with Crippen molar-refractivity contribution in [3.63, 3.8) is 0 Å². The van der Waals surface area contributed by atoms with Crippen molar-refractivity contribution in [2.75, 3.05) is 53.2 Å². The molecule has 5 nitrogen and oxygen atoms in total. The van der Waals surface area contributed by atoms with E-state index in [0.29, 0.717) is 19.8 Å². The minimum atomic E-state index is 0.188. The molecule has 1 saturated heterocycles. The standard InChI is InChI=1S/C12H25NO4/c1-11-8-13-9-12(17-11)10-16-5-3-4-15-7-6-14-2/h11-13H,3-10H2,1-2H3. The summed E-state index contributed by atoms with van der Waals surface area (Å²) in [6.07, 6.45) is 1.39. The Labute approximate surface area is 104 Å². The van der Waals surface area contributed by atoms with Gasteiger partial charge < -0.3 is 24.3 Å². The molecular weight excluding hydrogens is 222 g/mol. The van der Waals surface area contributed by atoms with Gasteiger partial charge in [0.1, 0.15) is 0 Å². The molecule has 0 aromatic carbocycles. The van der Waals surface area contributed by atoms with Crippen LogP contribution in [0.25, 0.3) is 0 Å². The van der Waals surface area contributed by atoms with E-state index in [4.69, 9.17) is 18.9 Å². The fourth-order valence-corrected chi connectivity index (χ4v) is 1.69. The Morgan fingerprint density at radius 3 is 2.71 bits per heavy atom. The zero-order valence-corrected chi connectivity index (χ0v) is 10.9. The predicted molar refractivity (Wildman–Crippen MR) is 65.3 cm³/mol. The number of methoxy groups -OCH3 is 1. The van der Waals surface area contributed by atoms with Crippen LogP contribution in [0.15, 0.2) is 0 Å². The van der Waals surface area contributed by atoms with Crippen LogP contribution in [0.1, 0.15) is 13.3 Å². The number of nitrogens with one attached hydrogen (secondary N) is 1. The van der Waals surface area contributed by atoms with Gasteiger partial charge >= 0.3 is 0 Å². The maximum atomic E-state index is 5.71. The van der Waals surface area contributed by atoms with Gasteiger partial charge in [-0.25, -0.2) is 0 Å². The minimum Gasteiger partial charge on any atom is -0.382 e. The van der Waals surface area contributed by atoms with Crippen molar-refractivity contribution in [2.24, 2.45) is 0 Å². The maximum Gasteiger partial charge on any atom is 0.0936 e. The summed E-state index contributed by atoms with van der Waals surface area (Å²) in [6.45, 7) is 7.31. The average Bonchev–Trinajstić information content (AvgIpc) is 2.33. The third-order valence-corrected chi connectivity index (χ3v) is 2.54. The van der Waals surface area contributed by atoms with Gasteiger partial charge in [-0.05, 0) is 13.3 Å². The lowest BCUT2D eigenvalue weighted by Gasteiger charge is -2.28. The highest BCUT2D eigenvalue weighted by atomic mass is 16.5. The smallest absolute Gasteiger partial charge is 0.0936 e. The van der Waals surface area contributed by atoms with E-state index in [1.54, 1.807) is 7.11 Å². The first-order valence-electron chi connectivity index (χ1n) is 6.33. The lowest BCUT2D eigenvalue weighted by Crippen LogP contribution is -2.45. The number of hydrogen-bond acceptors (Lipinski definition) is 5. The summed E-state index contributed by atoms with van der Waals surface area (Å²) in [7, 11) is 1.67. The average molecular weight is 247 g/mol. The maximum absolute atomic E-state index is 5.71. The fourth-order valence-electron chi connectivity index (χ4n) is 1.69. The first kappa shape index (κ1) is 14.9. The summed E-state index contributed by atoms with van der Waals surface area (Å²) in [5, 5.41) is 3.32. The fraction of sp³-hybridized carbons (Fsp3) is 1.00. The van der Waals surface area contributed by atoms with E-state index in [0.717, 1.165) is 32.7 Å². The van der Waals surface area contributed by atoms with E-state index in [1.807, 2.05) is 0 Å². The van der Waals surface area contributed by atoms with Crippen LogP contribution in [0.4, 0.5) is 0 Å². The van der Waals surface area contributed by atoms with Crippen LogP contribution < -0.4 is 5.32 Å². The molecule has 102 valence electrons. The molecule has 1 aliphatic rings. The monoisotopic (exact) mass is 247 g/mol. The summed E-state index contributed by atoms with van der Waals surface area (Å²) in [5.74, 6) is 0. The van der Waals surface area contributed by atoms with E-state index < -0.39 is 0 Å². The molecule has 1 aliphatic heterocycles. The largest absolute Gasteiger partial charge is 0.382 e. The number of morpholine rings is 1. The molecule has 0 aromatic heterocycles. The van der Waals surface area contributed by atoms with Crippen molar-refractivity contribution in [1.29, 1.82) is 0 Å². The van der Waals surface area contributed by atoms with Crippen molar-refractivity contribution in [2.45, 2.75) is 25.6 Å². The van der Waals surface area contributed by atoms with Gasteiger partial charge in [0.05, 0.1) is 32.0 Å². The third kappa shape index (κ3) is 7.68. The topological polar surface area (TPSA) is 49.0 Å². The van der Waals surface area contributed by atoms with Crippen LogP contribution >= 0.6 is 0 Å². The second-order valence-corrected chi connectivity index (χ2v) is 4.26. The van der Waals surface area contributed by atoms with Crippen molar-refractivity contribution in [3.8, 4) is 0 Å². The van der Waals surface area contributed by atoms with Crippen LogP contribution in [-0.4, -0.2) is 65.4 Å². The lowest BCUT2D eigenvalue weighted by molar-refractivity contribution is -0.0704. The van der Waals surface area contributed by atoms with Gasteiger partial charge in [0.15, 0.2) is 0 Å². The van der Waals surface area contributed by atoms with Crippen LogP contribution in [-0.2, 0) is 18.9 Å². The molecule has 0 radical (unpaired) electrons. The molecular formula is C12H25NO4. The molecule has 1 rings (SSSR count). The third-order valence-electron chi connectivity index (χ3n) is 2.54. The molecule has 1 fully saturated rings. The Kier molecular flexibility index (Phi) is 8.56. The van der Waals surface area contributed by atoms with Crippen molar-refractivity contribution >= 4 is 0 Å². The number of hydrogen-bond donors (Lipinski definition) is 1. The molecule has 0 saturated carbocycles. The Morgan fingerprint density at radius 1 is 1.12 bits per heavy atom. The molecule has 0 aromatic rings. The van der Waals surface area contributed by atoms with Gasteiger partial charge in [-0.3, -0.25) is 0 Å². The Balaban J connectivity index is 1.83. The first-order chi connectivity index (χ1) is 8.33. The molecule has 2 unspecified atom stereocenters.